The zero-order valence-electron chi connectivity index (χ0n) is 10.5. The summed E-state index contributed by atoms with van der Waals surface area (Å²) in [7, 11) is 1.59. The minimum Gasteiger partial charge on any atom is -0.374 e. The van der Waals surface area contributed by atoms with Crippen molar-refractivity contribution in [2.24, 2.45) is 0 Å². The molecule has 0 spiro atoms. The number of aryl methyl sites for hydroxylation is 1. The van der Waals surface area contributed by atoms with Crippen molar-refractivity contribution in [2.45, 2.75) is 20.0 Å². The highest BCUT2D eigenvalue weighted by Crippen LogP contribution is 2.24. The molecule has 1 atom stereocenters. The Kier molecular flexibility index (Phi) is 3.40. The molecule has 5 nitrogen and oxygen atoms in total. The van der Waals surface area contributed by atoms with Crippen molar-refractivity contribution in [1.82, 2.24) is 10.1 Å². The molecule has 1 unspecified atom stereocenters. The maximum absolute atomic E-state index is 8.81. The predicted octanol–water partition coefficient (Wildman–Crippen LogP) is 2.62. The number of hydrogen-bond acceptors (Lipinski definition) is 5. The number of nitrogens with zero attached hydrogens (tertiary/aromatic N) is 3. The van der Waals surface area contributed by atoms with Gasteiger partial charge in [0.05, 0.1) is 11.6 Å². The largest absolute Gasteiger partial charge is 0.374 e. The predicted molar refractivity (Wildman–Crippen MR) is 64.6 cm³/mol. The van der Waals surface area contributed by atoms with E-state index in [1.165, 1.54) is 0 Å². The van der Waals surface area contributed by atoms with Crippen LogP contribution in [0, 0.1) is 18.3 Å². The number of aromatic nitrogens is 2. The van der Waals surface area contributed by atoms with E-state index in [-0.39, 0.29) is 6.10 Å². The summed E-state index contributed by atoms with van der Waals surface area (Å²) in [5.74, 6) is 0.951. The zero-order valence-corrected chi connectivity index (χ0v) is 10.5. The van der Waals surface area contributed by atoms with E-state index in [4.69, 9.17) is 14.5 Å². The van der Waals surface area contributed by atoms with Gasteiger partial charge < -0.3 is 9.26 Å². The first-order valence-electron chi connectivity index (χ1n) is 5.53. The summed E-state index contributed by atoms with van der Waals surface area (Å²) >= 11 is 0. The topological polar surface area (TPSA) is 71.9 Å². The Hall–Kier alpha value is -2.19. The molecule has 1 aromatic heterocycles. The summed E-state index contributed by atoms with van der Waals surface area (Å²) in [4.78, 5) is 4.28. The lowest BCUT2D eigenvalue weighted by Gasteiger charge is -2.02. The van der Waals surface area contributed by atoms with Crippen molar-refractivity contribution in [3.63, 3.8) is 0 Å². The number of ether oxygens (including phenoxy) is 1. The van der Waals surface area contributed by atoms with Gasteiger partial charge in [0.15, 0.2) is 0 Å². The average Bonchev–Trinajstić information content (AvgIpc) is 2.87. The molecule has 1 heterocycles. The lowest BCUT2D eigenvalue weighted by Crippen LogP contribution is -1.97. The van der Waals surface area contributed by atoms with Gasteiger partial charge in [-0.1, -0.05) is 5.16 Å². The summed E-state index contributed by atoms with van der Waals surface area (Å²) in [6, 6.07) is 7.42. The third-order valence-corrected chi connectivity index (χ3v) is 2.74. The normalized spacial score (nSPS) is 12.1. The second-order valence-electron chi connectivity index (χ2n) is 3.98. The van der Waals surface area contributed by atoms with Crippen LogP contribution in [-0.4, -0.2) is 17.3 Å². The molecule has 0 aliphatic heterocycles. The van der Waals surface area contributed by atoms with Crippen LogP contribution in [0.5, 0.6) is 0 Å². The van der Waals surface area contributed by atoms with Crippen molar-refractivity contribution >= 4 is 0 Å². The van der Waals surface area contributed by atoms with E-state index in [0.29, 0.717) is 17.3 Å². The molecule has 0 aliphatic rings. The van der Waals surface area contributed by atoms with Gasteiger partial charge in [-0.15, -0.1) is 0 Å². The van der Waals surface area contributed by atoms with Gasteiger partial charge in [-0.3, -0.25) is 0 Å². The van der Waals surface area contributed by atoms with Gasteiger partial charge in [0.2, 0.25) is 5.82 Å². The molecule has 92 valence electrons. The Balaban J connectivity index is 2.38. The van der Waals surface area contributed by atoms with Crippen LogP contribution in [0.25, 0.3) is 11.5 Å². The minimum absolute atomic E-state index is 0.207. The van der Waals surface area contributed by atoms with Crippen LogP contribution >= 0.6 is 0 Å². The fraction of sp³-hybridized carbons (Fsp3) is 0.308. The Morgan fingerprint density at radius 1 is 1.44 bits per heavy atom. The highest BCUT2D eigenvalue weighted by molar-refractivity contribution is 5.60. The highest BCUT2D eigenvalue weighted by Gasteiger charge is 2.15. The van der Waals surface area contributed by atoms with Crippen molar-refractivity contribution in [3.8, 4) is 17.5 Å². The van der Waals surface area contributed by atoms with Crippen LogP contribution in [0.4, 0.5) is 0 Å². The molecule has 0 amide bonds. The Labute approximate surface area is 105 Å². The van der Waals surface area contributed by atoms with Crippen LogP contribution in [-0.2, 0) is 4.74 Å². The molecule has 0 saturated heterocycles. The second-order valence-corrected chi connectivity index (χ2v) is 3.98. The number of benzene rings is 1. The SMILES string of the molecule is COC(C)c1noc(-c2ccc(C#N)cc2C)n1. The maximum atomic E-state index is 8.81. The fourth-order valence-corrected chi connectivity index (χ4v) is 1.59. The number of hydrogen-bond donors (Lipinski definition) is 0. The Bertz CT molecular complexity index is 599. The monoisotopic (exact) mass is 243 g/mol. The summed E-state index contributed by atoms with van der Waals surface area (Å²) in [5, 5.41) is 12.7. The molecule has 0 bridgehead atoms. The standard InChI is InChI=1S/C13H13N3O2/c1-8-6-10(7-14)4-5-11(8)13-15-12(16-18-13)9(2)17-3/h4-6,9H,1-3H3. The molecule has 0 N–H and O–H groups in total. The molecule has 1 aromatic carbocycles. The Morgan fingerprint density at radius 3 is 2.83 bits per heavy atom. The molecule has 5 heteroatoms. The maximum Gasteiger partial charge on any atom is 0.258 e. The molecular weight excluding hydrogens is 230 g/mol. The number of methoxy groups -OCH3 is 1. The second kappa shape index (κ2) is 4.98. The zero-order chi connectivity index (χ0) is 13.1. The first kappa shape index (κ1) is 12.3. The van der Waals surface area contributed by atoms with E-state index in [9.17, 15) is 0 Å². The van der Waals surface area contributed by atoms with Crippen LogP contribution in [0.2, 0.25) is 0 Å². The van der Waals surface area contributed by atoms with Crippen LogP contribution < -0.4 is 0 Å². The van der Waals surface area contributed by atoms with Crippen molar-refractivity contribution < 1.29 is 9.26 Å². The molecule has 2 aromatic rings. The van der Waals surface area contributed by atoms with Gasteiger partial charge in [-0.05, 0) is 37.6 Å². The van der Waals surface area contributed by atoms with Crippen molar-refractivity contribution in [1.29, 1.82) is 5.26 Å². The number of rotatable bonds is 3. The summed E-state index contributed by atoms with van der Waals surface area (Å²) in [6.07, 6.45) is -0.207. The van der Waals surface area contributed by atoms with Gasteiger partial charge in [0.25, 0.3) is 5.89 Å². The van der Waals surface area contributed by atoms with Crippen LogP contribution in [0.3, 0.4) is 0 Å². The van der Waals surface area contributed by atoms with Crippen molar-refractivity contribution in [2.75, 3.05) is 7.11 Å². The molecule has 0 fully saturated rings. The van der Waals surface area contributed by atoms with E-state index in [2.05, 4.69) is 16.2 Å². The molecule has 2 rings (SSSR count). The van der Waals surface area contributed by atoms with E-state index in [1.807, 2.05) is 19.9 Å². The van der Waals surface area contributed by atoms with Gasteiger partial charge in [0.1, 0.15) is 6.10 Å². The first-order chi connectivity index (χ1) is 8.65. The lowest BCUT2D eigenvalue weighted by molar-refractivity contribution is 0.109. The van der Waals surface area contributed by atoms with Gasteiger partial charge in [0, 0.05) is 12.7 Å². The van der Waals surface area contributed by atoms with E-state index >= 15 is 0 Å². The van der Waals surface area contributed by atoms with Gasteiger partial charge in [-0.2, -0.15) is 10.2 Å². The molecular formula is C13H13N3O2. The molecule has 18 heavy (non-hydrogen) atoms. The lowest BCUT2D eigenvalue weighted by atomic mass is 10.1. The minimum atomic E-state index is -0.207. The third kappa shape index (κ3) is 2.24. The van der Waals surface area contributed by atoms with E-state index in [1.54, 1.807) is 19.2 Å². The number of nitriles is 1. The van der Waals surface area contributed by atoms with Crippen LogP contribution in [0.15, 0.2) is 22.7 Å². The highest BCUT2D eigenvalue weighted by atomic mass is 16.5. The van der Waals surface area contributed by atoms with Crippen molar-refractivity contribution in [3.05, 3.63) is 35.2 Å². The average molecular weight is 243 g/mol. The first-order valence-corrected chi connectivity index (χ1v) is 5.53. The van der Waals surface area contributed by atoms with Gasteiger partial charge in [-0.25, -0.2) is 0 Å². The summed E-state index contributed by atoms with van der Waals surface area (Å²) < 4.78 is 10.3. The smallest absolute Gasteiger partial charge is 0.258 e. The van der Waals surface area contributed by atoms with Crippen LogP contribution in [0.1, 0.15) is 30.0 Å². The van der Waals surface area contributed by atoms with E-state index in [0.717, 1.165) is 11.1 Å². The summed E-state index contributed by atoms with van der Waals surface area (Å²) in [6.45, 7) is 3.75. The molecule has 0 radical (unpaired) electrons. The quantitative estimate of drug-likeness (QED) is 0.828. The van der Waals surface area contributed by atoms with E-state index < -0.39 is 0 Å². The van der Waals surface area contributed by atoms with Gasteiger partial charge >= 0.3 is 0 Å². The molecule has 0 aliphatic carbocycles. The third-order valence-electron chi connectivity index (χ3n) is 2.74. The fourth-order valence-electron chi connectivity index (χ4n) is 1.59. The summed E-state index contributed by atoms with van der Waals surface area (Å²) in [5.41, 5.74) is 2.37. The Morgan fingerprint density at radius 2 is 2.22 bits per heavy atom. The molecule has 0 saturated carbocycles.